The predicted molar refractivity (Wildman–Crippen MR) is 83.6 cm³/mol. The molecule has 0 fully saturated rings. The molecule has 0 spiro atoms. The monoisotopic (exact) mass is 419 g/mol. The molecule has 2 heterocycles. The maximum Gasteiger partial charge on any atom is 0.343 e. The number of carbonyl (C=O) groups is 1. The average molecular weight is 420 g/mol. The summed E-state index contributed by atoms with van der Waals surface area (Å²) in [4.78, 5) is 28.0. The summed E-state index contributed by atoms with van der Waals surface area (Å²) in [5.74, 6) is -3.79. The Kier molecular flexibility index (Phi) is 5.80. The van der Waals surface area contributed by atoms with Crippen LogP contribution in [0.1, 0.15) is 10.4 Å². The van der Waals surface area contributed by atoms with E-state index in [0.29, 0.717) is 6.07 Å². The molecular formula is C16H8ClF3N2O3V. The number of aromatic nitrogens is 2. The molecule has 0 amide bonds. The van der Waals surface area contributed by atoms with Gasteiger partial charge in [-0.3, -0.25) is 9.36 Å². The van der Waals surface area contributed by atoms with Gasteiger partial charge in [-0.1, -0.05) is 11.6 Å². The smallest absolute Gasteiger partial charge is 0.343 e. The van der Waals surface area contributed by atoms with Gasteiger partial charge in [0.05, 0.1) is 18.2 Å². The Morgan fingerprint density at radius 1 is 1.19 bits per heavy atom. The first kappa shape index (κ1) is 20.0. The topological polar surface area (TPSA) is 61.2 Å². The molecule has 0 aliphatic heterocycles. The van der Waals surface area contributed by atoms with Gasteiger partial charge in [0.2, 0.25) is 5.43 Å². The maximum atomic E-state index is 14.2. The van der Waals surface area contributed by atoms with Gasteiger partial charge in [-0.15, -0.1) is 0 Å². The zero-order valence-corrected chi connectivity index (χ0v) is 15.1. The van der Waals surface area contributed by atoms with Gasteiger partial charge >= 0.3 is 5.97 Å². The summed E-state index contributed by atoms with van der Waals surface area (Å²) < 4.78 is 46.6. The van der Waals surface area contributed by atoms with Gasteiger partial charge in [0, 0.05) is 30.8 Å². The van der Waals surface area contributed by atoms with Crippen LogP contribution < -0.4 is 5.43 Å². The van der Waals surface area contributed by atoms with Crippen LogP contribution in [0, 0.1) is 17.5 Å². The standard InChI is InChI=1S/C16H8ClF3N2O3.V/c1-25-16(24)9-6-22(12-3-2-7(18)4-10(12)19)15-8(13(9)23)5-11(20)14(17)21-15;/h2-6H,1H3;. The van der Waals surface area contributed by atoms with E-state index in [1.165, 1.54) is 0 Å². The molecule has 2 aromatic heterocycles. The van der Waals surface area contributed by atoms with Crippen molar-refractivity contribution in [3.8, 4) is 5.69 Å². The van der Waals surface area contributed by atoms with Crippen molar-refractivity contribution in [2.45, 2.75) is 0 Å². The molecule has 133 valence electrons. The van der Waals surface area contributed by atoms with Crippen molar-refractivity contribution in [2.24, 2.45) is 0 Å². The van der Waals surface area contributed by atoms with E-state index in [1.54, 1.807) is 0 Å². The van der Waals surface area contributed by atoms with Crippen molar-refractivity contribution < 1.29 is 41.3 Å². The Morgan fingerprint density at radius 2 is 1.88 bits per heavy atom. The van der Waals surface area contributed by atoms with Gasteiger partial charge in [0.15, 0.2) is 16.6 Å². The summed E-state index contributed by atoms with van der Waals surface area (Å²) in [6.45, 7) is 0. The van der Waals surface area contributed by atoms with Crippen LogP contribution in [-0.2, 0) is 23.3 Å². The number of methoxy groups -OCH3 is 1. The molecule has 0 saturated carbocycles. The summed E-state index contributed by atoms with van der Waals surface area (Å²) >= 11 is 5.65. The van der Waals surface area contributed by atoms with Gasteiger partial charge in [-0.25, -0.2) is 22.9 Å². The number of hydrogen-bond donors (Lipinski definition) is 0. The van der Waals surface area contributed by atoms with Gasteiger partial charge < -0.3 is 4.74 Å². The normalized spacial score (nSPS) is 10.5. The second-order valence-corrected chi connectivity index (χ2v) is 5.32. The van der Waals surface area contributed by atoms with E-state index in [-0.39, 0.29) is 35.3 Å². The van der Waals surface area contributed by atoms with E-state index < -0.39 is 39.6 Å². The van der Waals surface area contributed by atoms with E-state index in [0.717, 1.165) is 36.1 Å². The molecule has 0 unspecified atom stereocenters. The summed E-state index contributed by atoms with van der Waals surface area (Å²) in [5, 5.41) is -0.859. The first-order valence-electron chi connectivity index (χ1n) is 6.78. The molecule has 26 heavy (non-hydrogen) atoms. The third-order valence-corrected chi connectivity index (χ3v) is 3.73. The largest absolute Gasteiger partial charge is 0.465 e. The molecule has 0 atom stereocenters. The zero-order valence-electron chi connectivity index (χ0n) is 13.0. The fourth-order valence-electron chi connectivity index (χ4n) is 2.32. The van der Waals surface area contributed by atoms with Crippen LogP contribution >= 0.6 is 11.6 Å². The van der Waals surface area contributed by atoms with Crippen molar-refractivity contribution in [3.05, 3.63) is 68.9 Å². The Labute approximate surface area is 161 Å². The number of ether oxygens (including phenoxy) is 1. The molecule has 0 aliphatic carbocycles. The van der Waals surface area contributed by atoms with E-state index in [4.69, 9.17) is 11.6 Å². The number of nitrogens with zero attached hydrogens (tertiary/aromatic N) is 2. The van der Waals surface area contributed by atoms with E-state index in [2.05, 4.69) is 9.72 Å². The van der Waals surface area contributed by atoms with Crippen LogP contribution in [0.5, 0.6) is 0 Å². The number of esters is 1. The summed E-state index contributed by atoms with van der Waals surface area (Å²) in [6, 6.07) is 3.46. The van der Waals surface area contributed by atoms with Gasteiger partial charge in [0.25, 0.3) is 0 Å². The fraction of sp³-hybridized carbons (Fsp3) is 0.0625. The number of rotatable bonds is 2. The van der Waals surface area contributed by atoms with Gasteiger partial charge in [-0.2, -0.15) is 0 Å². The summed E-state index contributed by atoms with van der Waals surface area (Å²) in [6.07, 6.45) is 0.980. The Hall–Kier alpha value is -2.29. The Balaban J connectivity index is 0.00000243. The number of carbonyl (C=O) groups excluding carboxylic acids is 1. The molecule has 0 saturated heterocycles. The van der Waals surface area contributed by atoms with Crippen molar-refractivity contribution in [1.29, 1.82) is 0 Å². The van der Waals surface area contributed by atoms with Gasteiger partial charge in [0.1, 0.15) is 17.2 Å². The van der Waals surface area contributed by atoms with E-state index >= 15 is 0 Å². The maximum absolute atomic E-state index is 14.2. The van der Waals surface area contributed by atoms with E-state index in [9.17, 15) is 22.8 Å². The van der Waals surface area contributed by atoms with Crippen LogP contribution in [-0.4, -0.2) is 22.6 Å². The summed E-state index contributed by atoms with van der Waals surface area (Å²) in [5.41, 5.74) is -1.74. The molecule has 3 rings (SSSR count). The minimum atomic E-state index is -1.00. The molecule has 1 aromatic carbocycles. The molecule has 0 N–H and O–H groups in total. The van der Waals surface area contributed by atoms with E-state index in [1.807, 2.05) is 0 Å². The second-order valence-electron chi connectivity index (χ2n) is 4.96. The molecular weight excluding hydrogens is 412 g/mol. The van der Waals surface area contributed by atoms with Crippen LogP contribution in [0.4, 0.5) is 13.2 Å². The first-order valence-corrected chi connectivity index (χ1v) is 7.16. The van der Waals surface area contributed by atoms with Crippen LogP contribution in [0.25, 0.3) is 16.7 Å². The number of halogens is 4. The SMILES string of the molecule is COC(=O)c1cn(-c2ccc(F)cc2F)c2nc(Cl)c(F)cc2c1=O.[V]. The fourth-order valence-corrected chi connectivity index (χ4v) is 2.45. The molecule has 0 bridgehead atoms. The molecule has 0 aliphatic rings. The van der Waals surface area contributed by atoms with Crippen molar-refractivity contribution >= 4 is 28.6 Å². The second kappa shape index (κ2) is 7.53. The zero-order chi connectivity index (χ0) is 18.3. The third kappa shape index (κ3) is 3.35. The Morgan fingerprint density at radius 3 is 2.50 bits per heavy atom. The first-order chi connectivity index (χ1) is 11.8. The van der Waals surface area contributed by atoms with Crippen LogP contribution in [0.2, 0.25) is 5.15 Å². The summed E-state index contributed by atoms with van der Waals surface area (Å²) in [7, 11) is 1.05. The quantitative estimate of drug-likeness (QED) is 0.473. The number of pyridine rings is 2. The van der Waals surface area contributed by atoms with Crippen molar-refractivity contribution in [1.82, 2.24) is 9.55 Å². The number of benzene rings is 1. The molecule has 3 aromatic rings. The number of fused-ring (bicyclic) bond motifs is 1. The predicted octanol–water partition coefficient (Wildman–Crippen LogP) is 3.24. The van der Waals surface area contributed by atoms with Crippen molar-refractivity contribution in [2.75, 3.05) is 7.11 Å². The minimum absolute atomic E-state index is 0. The Bertz CT molecular complexity index is 1090. The molecule has 10 heteroatoms. The van der Waals surface area contributed by atoms with Crippen molar-refractivity contribution in [3.63, 3.8) is 0 Å². The molecule has 5 nitrogen and oxygen atoms in total. The number of hydrogen-bond acceptors (Lipinski definition) is 4. The van der Waals surface area contributed by atoms with Crippen LogP contribution in [0.15, 0.2) is 35.3 Å². The van der Waals surface area contributed by atoms with Gasteiger partial charge in [-0.05, 0) is 18.2 Å². The third-order valence-electron chi connectivity index (χ3n) is 3.46. The average Bonchev–Trinajstić information content (AvgIpc) is 2.57. The molecule has 1 radical (unpaired) electrons. The van der Waals surface area contributed by atoms with Crippen LogP contribution in [0.3, 0.4) is 0 Å². The minimum Gasteiger partial charge on any atom is -0.465 e.